The first-order chi connectivity index (χ1) is 10.5. The minimum absolute atomic E-state index is 0.455. The lowest BCUT2D eigenvalue weighted by Crippen LogP contribution is -2.49. The van der Waals surface area contributed by atoms with Crippen molar-refractivity contribution in [3.05, 3.63) is 65.7 Å². The van der Waals surface area contributed by atoms with E-state index in [4.69, 9.17) is 9.47 Å². The van der Waals surface area contributed by atoms with Crippen LogP contribution in [-0.4, -0.2) is 22.8 Å². The van der Waals surface area contributed by atoms with Gasteiger partial charge in [-0.2, -0.15) is 0 Å². The summed E-state index contributed by atoms with van der Waals surface area (Å²) >= 11 is 0. The maximum absolute atomic E-state index is 12.3. The zero-order chi connectivity index (χ0) is 15.7. The van der Waals surface area contributed by atoms with Gasteiger partial charge in [0.1, 0.15) is 17.5 Å². The fourth-order valence-electron chi connectivity index (χ4n) is 2.57. The molecule has 0 fully saturated rings. The quantitative estimate of drug-likeness (QED) is 0.866. The number of esters is 1. The Labute approximate surface area is 129 Å². The maximum Gasteiger partial charge on any atom is 0.338 e. The average molecular weight is 298 g/mol. The first-order valence-corrected chi connectivity index (χ1v) is 7.21. The number of carbonyl (C=O) groups excluding carboxylic acids is 1. The second kappa shape index (κ2) is 5.46. The number of para-hydroxylation sites is 1. The predicted octanol–water partition coefficient (Wildman–Crippen LogP) is 3.12. The Morgan fingerprint density at radius 1 is 1.09 bits per heavy atom. The molecule has 0 bridgehead atoms. The van der Waals surface area contributed by atoms with Gasteiger partial charge in [-0.1, -0.05) is 36.4 Å². The van der Waals surface area contributed by atoms with Crippen LogP contribution in [0.4, 0.5) is 0 Å². The van der Waals surface area contributed by atoms with Crippen LogP contribution in [0.3, 0.4) is 0 Å². The van der Waals surface area contributed by atoms with Gasteiger partial charge in [0.15, 0.2) is 6.10 Å². The van der Waals surface area contributed by atoms with Gasteiger partial charge in [-0.15, -0.1) is 0 Å². The molecule has 114 valence electrons. The third-order valence-corrected chi connectivity index (χ3v) is 3.84. The van der Waals surface area contributed by atoms with Crippen molar-refractivity contribution in [3.63, 3.8) is 0 Å². The Bertz CT molecular complexity index is 678. The topological polar surface area (TPSA) is 55.8 Å². The summed E-state index contributed by atoms with van der Waals surface area (Å²) in [6.07, 6.45) is -1.71. The van der Waals surface area contributed by atoms with Crippen LogP contribution in [0, 0.1) is 0 Å². The molecule has 0 spiro atoms. The van der Waals surface area contributed by atoms with E-state index >= 15 is 0 Å². The Hall–Kier alpha value is -2.33. The molecule has 2 aromatic carbocycles. The molecule has 3 rings (SSSR count). The number of aliphatic hydroxyl groups is 1. The minimum Gasteiger partial charge on any atom is -0.485 e. The zero-order valence-electron chi connectivity index (χ0n) is 12.5. The molecule has 0 saturated carbocycles. The molecule has 2 aromatic rings. The second-order valence-electron chi connectivity index (χ2n) is 5.88. The van der Waals surface area contributed by atoms with E-state index in [9.17, 15) is 9.90 Å². The molecular weight excluding hydrogens is 280 g/mol. The van der Waals surface area contributed by atoms with Gasteiger partial charge in [-0.05, 0) is 32.0 Å². The van der Waals surface area contributed by atoms with Crippen molar-refractivity contribution in [2.24, 2.45) is 0 Å². The zero-order valence-corrected chi connectivity index (χ0v) is 12.5. The largest absolute Gasteiger partial charge is 0.485 e. The fourth-order valence-corrected chi connectivity index (χ4v) is 2.57. The van der Waals surface area contributed by atoms with Gasteiger partial charge in [0.2, 0.25) is 0 Å². The molecule has 1 heterocycles. The Kier molecular flexibility index (Phi) is 3.62. The lowest BCUT2D eigenvalue weighted by atomic mass is 9.88. The standard InChI is InChI=1S/C18H18O4/c1-18(2)16(19)15(13-10-6-7-11-14(13)22-18)21-17(20)12-8-4-3-5-9-12/h3-11,15-16,19H,1-2H3/t15-,16+/m1/s1. The van der Waals surface area contributed by atoms with Crippen LogP contribution in [0.15, 0.2) is 54.6 Å². The van der Waals surface area contributed by atoms with E-state index in [-0.39, 0.29) is 0 Å². The van der Waals surface area contributed by atoms with E-state index in [0.717, 1.165) is 0 Å². The van der Waals surface area contributed by atoms with Gasteiger partial charge >= 0.3 is 5.97 Å². The van der Waals surface area contributed by atoms with Gasteiger partial charge < -0.3 is 14.6 Å². The van der Waals surface area contributed by atoms with E-state index < -0.39 is 23.8 Å². The molecule has 1 aliphatic rings. The van der Waals surface area contributed by atoms with E-state index in [1.54, 1.807) is 44.2 Å². The SMILES string of the molecule is CC1(C)Oc2ccccc2[C@@H](OC(=O)c2ccccc2)[C@@H]1O. The van der Waals surface area contributed by atoms with Crippen LogP contribution in [-0.2, 0) is 4.74 Å². The first kappa shape index (κ1) is 14.6. The van der Waals surface area contributed by atoms with Crippen LogP contribution in [0.25, 0.3) is 0 Å². The number of benzene rings is 2. The second-order valence-corrected chi connectivity index (χ2v) is 5.88. The molecule has 4 nitrogen and oxygen atoms in total. The predicted molar refractivity (Wildman–Crippen MR) is 81.8 cm³/mol. The molecule has 0 unspecified atom stereocenters. The maximum atomic E-state index is 12.3. The van der Waals surface area contributed by atoms with Gasteiger partial charge in [0, 0.05) is 5.56 Å². The highest BCUT2D eigenvalue weighted by Gasteiger charge is 2.44. The van der Waals surface area contributed by atoms with Crippen molar-refractivity contribution in [2.75, 3.05) is 0 Å². The molecule has 0 aliphatic carbocycles. The number of aliphatic hydroxyl groups excluding tert-OH is 1. The summed E-state index contributed by atoms with van der Waals surface area (Å²) in [7, 11) is 0. The van der Waals surface area contributed by atoms with Crippen molar-refractivity contribution in [2.45, 2.75) is 31.7 Å². The number of hydrogen-bond donors (Lipinski definition) is 1. The molecule has 2 atom stereocenters. The monoisotopic (exact) mass is 298 g/mol. The normalized spacial score (nSPS) is 22.3. The average Bonchev–Trinajstić information content (AvgIpc) is 2.52. The molecule has 4 heteroatoms. The third kappa shape index (κ3) is 2.57. The minimum atomic E-state index is -0.949. The highest BCUT2D eigenvalue weighted by molar-refractivity contribution is 5.89. The van der Waals surface area contributed by atoms with Crippen LogP contribution in [0.2, 0.25) is 0 Å². The summed E-state index contributed by atoms with van der Waals surface area (Å²) < 4.78 is 11.4. The molecule has 0 saturated heterocycles. The number of ether oxygens (including phenoxy) is 2. The first-order valence-electron chi connectivity index (χ1n) is 7.21. The summed E-state index contributed by atoms with van der Waals surface area (Å²) in [6.45, 7) is 3.55. The van der Waals surface area contributed by atoms with Gasteiger partial charge in [0.25, 0.3) is 0 Å². The molecule has 22 heavy (non-hydrogen) atoms. The van der Waals surface area contributed by atoms with Crippen LogP contribution >= 0.6 is 0 Å². The molecule has 0 amide bonds. The van der Waals surface area contributed by atoms with Crippen molar-refractivity contribution < 1.29 is 19.4 Å². The fraction of sp³-hybridized carbons (Fsp3) is 0.278. The van der Waals surface area contributed by atoms with Crippen LogP contribution in [0.1, 0.15) is 35.9 Å². The third-order valence-electron chi connectivity index (χ3n) is 3.84. The van der Waals surface area contributed by atoms with E-state index in [1.165, 1.54) is 0 Å². The molecule has 0 aromatic heterocycles. The Morgan fingerprint density at radius 2 is 1.73 bits per heavy atom. The van der Waals surface area contributed by atoms with Crippen molar-refractivity contribution in [1.29, 1.82) is 0 Å². The summed E-state index contributed by atoms with van der Waals surface area (Å²) in [5.74, 6) is 0.167. The van der Waals surface area contributed by atoms with Crippen molar-refractivity contribution >= 4 is 5.97 Å². The smallest absolute Gasteiger partial charge is 0.338 e. The molecular formula is C18H18O4. The van der Waals surface area contributed by atoms with E-state index in [0.29, 0.717) is 16.9 Å². The summed E-state index contributed by atoms with van der Waals surface area (Å²) in [4.78, 5) is 12.3. The van der Waals surface area contributed by atoms with Gasteiger partial charge in [0.05, 0.1) is 5.56 Å². The van der Waals surface area contributed by atoms with E-state index in [1.807, 2.05) is 24.3 Å². The summed E-state index contributed by atoms with van der Waals surface area (Å²) in [6, 6.07) is 16.0. The lowest BCUT2D eigenvalue weighted by molar-refractivity contribution is -0.116. The van der Waals surface area contributed by atoms with Crippen LogP contribution < -0.4 is 4.74 Å². The van der Waals surface area contributed by atoms with Gasteiger partial charge in [-0.3, -0.25) is 0 Å². The van der Waals surface area contributed by atoms with Gasteiger partial charge in [-0.25, -0.2) is 4.79 Å². The molecule has 1 N–H and O–H groups in total. The number of rotatable bonds is 2. The lowest BCUT2D eigenvalue weighted by Gasteiger charge is -2.41. The molecule has 0 radical (unpaired) electrons. The van der Waals surface area contributed by atoms with Crippen LogP contribution in [0.5, 0.6) is 5.75 Å². The summed E-state index contributed by atoms with van der Waals surface area (Å²) in [5, 5.41) is 10.5. The highest BCUT2D eigenvalue weighted by Crippen LogP contribution is 2.41. The Morgan fingerprint density at radius 3 is 2.45 bits per heavy atom. The number of carbonyl (C=O) groups is 1. The Balaban J connectivity index is 1.93. The molecule has 1 aliphatic heterocycles. The van der Waals surface area contributed by atoms with Crippen molar-refractivity contribution in [3.8, 4) is 5.75 Å². The highest BCUT2D eigenvalue weighted by atomic mass is 16.6. The van der Waals surface area contributed by atoms with E-state index in [2.05, 4.69) is 0 Å². The number of hydrogen-bond acceptors (Lipinski definition) is 4. The summed E-state index contributed by atoms with van der Waals surface area (Å²) in [5.41, 5.74) is 0.297. The van der Waals surface area contributed by atoms with Crippen molar-refractivity contribution in [1.82, 2.24) is 0 Å². The number of fused-ring (bicyclic) bond motifs is 1.